The molecule has 2 N–H and O–H groups in total. The van der Waals surface area contributed by atoms with E-state index in [1.54, 1.807) is 5.57 Å². The van der Waals surface area contributed by atoms with Crippen LogP contribution in [-0.2, 0) is 0 Å². The van der Waals surface area contributed by atoms with Crippen molar-refractivity contribution < 1.29 is 10.2 Å². The molecular weight excluding hydrogens is 284 g/mol. The standard InChI is InChI=1S/C21H32O2/c1-13(22)17-6-7-18-16-5-4-14-12-15(23)8-10-20(14,2)19(16)9-11-21(17,18)3/h4,7,13,15-17,19,22-23H,5-6,8-12H2,1-3H3/t13-,15?,16?,17?,19?,20?,21?/m0/s1. The summed E-state index contributed by atoms with van der Waals surface area (Å²) in [6, 6.07) is 0. The van der Waals surface area contributed by atoms with Gasteiger partial charge in [0, 0.05) is 0 Å². The van der Waals surface area contributed by atoms with Crippen LogP contribution in [0.25, 0.3) is 0 Å². The Morgan fingerprint density at radius 3 is 2.57 bits per heavy atom. The minimum atomic E-state index is -0.208. The van der Waals surface area contributed by atoms with Gasteiger partial charge in [-0.2, -0.15) is 0 Å². The molecule has 7 atom stereocenters. The van der Waals surface area contributed by atoms with E-state index in [-0.39, 0.29) is 17.6 Å². The Labute approximate surface area is 140 Å². The Kier molecular flexibility index (Phi) is 3.59. The molecule has 0 aromatic rings. The smallest absolute Gasteiger partial charge is 0.0577 e. The largest absolute Gasteiger partial charge is 0.393 e. The van der Waals surface area contributed by atoms with Crippen LogP contribution in [0.3, 0.4) is 0 Å². The third-order valence-electron chi connectivity index (χ3n) is 8.13. The van der Waals surface area contributed by atoms with Gasteiger partial charge in [0.05, 0.1) is 12.2 Å². The lowest BCUT2D eigenvalue weighted by Crippen LogP contribution is -2.48. The number of fused-ring (bicyclic) bond motifs is 5. The Balaban J connectivity index is 1.68. The number of rotatable bonds is 1. The molecule has 0 saturated heterocycles. The Morgan fingerprint density at radius 2 is 1.83 bits per heavy atom. The van der Waals surface area contributed by atoms with Crippen molar-refractivity contribution in [2.45, 2.75) is 77.9 Å². The highest BCUT2D eigenvalue weighted by atomic mass is 16.3. The fourth-order valence-electron chi connectivity index (χ4n) is 6.75. The molecule has 128 valence electrons. The zero-order valence-corrected chi connectivity index (χ0v) is 14.9. The summed E-state index contributed by atoms with van der Waals surface area (Å²) in [4.78, 5) is 0. The van der Waals surface area contributed by atoms with Gasteiger partial charge in [0.2, 0.25) is 0 Å². The lowest BCUT2D eigenvalue weighted by Gasteiger charge is -2.56. The maximum atomic E-state index is 10.2. The fourth-order valence-corrected chi connectivity index (χ4v) is 6.75. The minimum absolute atomic E-state index is 0.120. The van der Waals surface area contributed by atoms with Gasteiger partial charge in [-0.3, -0.25) is 0 Å². The second kappa shape index (κ2) is 5.20. The molecule has 0 aliphatic heterocycles. The first kappa shape index (κ1) is 15.9. The Bertz CT molecular complexity index is 560. The van der Waals surface area contributed by atoms with E-state index >= 15 is 0 Å². The number of hydrogen-bond donors (Lipinski definition) is 2. The maximum absolute atomic E-state index is 10.2. The monoisotopic (exact) mass is 316 g/mol. The molecule has 2 fully saturated rings. The van der Waals surface area contributed by atoms with Gasteiger partial charge in [-0.1, -0.05) is 37.1 Å². The molecule has 0 amide bonds. The first-order valence-corrected chi connectivity index (χ1v) is 9.62. The second-order valence-electron chi connectivity index (χ2n) is 9.19. The van der Waals surface area contributed by atoms with Gasteiger partial charge in [-0.25, -0.2) is 0 Å². The summed E-state index contributed by atoms with van der Waals surface area (Å²) in [6.07, 6.45) is 12.3. The first-order valence-electron chi connectivity index (χ1n) is 9.62. The third kappa shape index (κ3) is 2.14. The summed E-state index contributed by atoms with van der Waals surface area (Å²) in [5.41, 5.74) is 3.70. The van der Waals surface area contributed by atoms with Crippen LogP contribution >= 0.6 is 0 Å². The third-order valence-corrected chi connectivity index (χ3v) is 8.13. The van der Waals surface area contributed by atoms with E-state index in [2.05, 4.69) is 26.0 Å². The topological polar surface area (TPSA) is 40.5 Å². The van der Waals surface area contributed by atoms with E-state index in [0.29, 0.717) is 17.3 Å². The normalized spacial score (nSPS) is 50.3. The van der Waals surface area contributed by atoms with Crippen molar-refractivity contribution >= 4 is 0 Å². The summed E-state index contributed by atoms with van der Waals surface area (Å²) >= 11 is 0. The molecule has 4 aliphatic carbocycles. The van der Waals surface area contributed by atoms with E-state index in [0.717, 1.165) is 38.0 Å². The van der Waals surface area contributed by atoms with Gasteiger partial charge in [0.1, 0.15) is 0 Å². The average Bonchev–Trinajstić information content (AvgIpc) is 2.85. The Hall–Kier alpha value is -0.600. The highest BCUT2D eigenvalue weighted by Crippen LogP contribution is 2.64. The van der Waals surface area contributed by atoms with E-state index in [1.165, 1.54) is 18.4 Å². The molecule has 6 unspecified atom stereocenters. The van der Waals surface area contributed by atoms with Crippen LogP contribution in [0.1, 0.15) is 65.7 Å². The molecule has 4 aliphatic rings. The zero-order chi connectivity index (χ0) is 16.4. The molecular formula is C21H32O2. The molecule has 0 bridgehead atoms. The SMILES string of the molecule is C[C@H](O)C1CC=C2C3CC=C4CC(O)CCC4(C)C3CCC21C. The van der Waals surface area contributed by atoms with Crippen LogP contribution in [0.5, 0.6) is 0 Å². The lowest BCUT2D eigenvalue weighted by atomic mass is 9.48. The number of allylic oxidation sites excluding steroid dienone is 3. The molecule has 0 radical (unpaired) electrons. The van der Waals surface area contributed by atoms with Crippen LogP contribution in [0.2, 0.25) is 0 Å². The molecule has 2 heteroatoms. The average molecular weight is 316 g/mol. The van der Waals surface area contributed by atoms with Crippen LogP contribution in [-0.4, -0.2) is 22.4 Å². The zero-order valence-electron chi connectivity index (χ0n) is 14.9. The van der Waals surface area contributed by atoms with Crippen molar-refractivity contribution in [1.82, 2.24) is 0 Å². The van der Waals surface area contributed by atoms with Crippen LogP contribution in [0, 0.1) is 28.6 Å². The predicted octanol–water partition coefficient (Wildman–Crippen LogP) is 4.23. The van der Waals surface area contributed by atoms with E-state index in [9.17, 15) is 10.2 Å². The summed E-state index contributed by atoms with van der Waals surface area (Å²) in [7, 11) is 0. The van der Waals surface area contributed by atoms with Crippen molar-refractivity contribution in [3.63, 3.8) is 0 Å². The van der Waals surface area contributed by atoms with E-state index < -0.39 is 0 Å². The van der Waals surface area contributed by atoms with Crippen molar-refractivity contribution in [2.24, 2.45) is 28.6 Å². The summed E-state index contributed by atoms with van der Waals surface area (Å²) in [6.45, 7) is 6.85. The van der Waals surface area contributed by atoms with Crippen molar-refractivity contribution in [3.8, 4) is 0 Å². The number of aliphatic hydroxyl groups excluding tert-OH is 2. The predicted molar refractivity (Wildman–Crippen MR) is 92.9 cm³/mol. The lowest BCUT2D eigenvalue weighted by molar-refractivity contribution is -0.000695. The van der Waals surface area contributed by atoms with Crippen molar-refractivity contribution in [3.05, 3.63) is 23.3 Å². The van der Waals surface area contributed by atoms with Gasteiger partial charge in [0.15, 0.2) is 0 Å². The molecule has 0 spiro atoms. The van der Waals surface area contributed by atoms with Crippen molar-refractivity contribution in [1.29, 1.82) is 0 Å². The minimum Gasteiger partial charge on any atom is -0.393 e. The number of aliphatic hydroxyl groups is 2. The molecule has 0 aromatic heterocycles. The van der Waals surface area contributed by atoms with Crippen LogP contribution in [0.4, 0.5) is 0 Å². The van der Waals surface area contributed by atoms with Crippen LogP contribution < -0.4 is 0 Å². The van der Waals surface area contributed by atoms with Gasteiger partial charge < -0.3 is 10.2 Å². The molecule has 0 aromatic carbocycles. The molecule has 0 heterocycles. The van der Waals surface area contributed by atoms with Gasteiger partial charge >= 0.3 is 0 Å². The summed E-state index contributed by atoms with van der Waals surface area (Å²) < 4.78 is 0. The fraction of sp³-hybridized carbons (Fsp3) is 0.810. The summed E-state index contributed by atoms with van der Waals surface area (Å²) in [5, 5.41) is 20.3. The Morgan fingerprint density at radius 1 is 1.09 bits per heavy atom. The quantitative estimate of drug-likeness (QED) is 0.711. The van der Waals surface area contributed by atoms with E-state index in [4.69, 9.17) is 0 Å². The maximum Gasteiger partial charge on any atom is 0.0577 e. The van der Waals surface area contributed by atoms with Gasteiger partial charge in [0.25, 0.3) is 0 Å². The molecule has 23 heavy (non-hydrogen) atoms. The highest BCUT2D eigenvalue weighted by molar-refractivity contribution is 5.34. The summed E-state index contributed by atoms with van der Waals surface area (Å²) in [5.74, 6) is 1.81. The molecule has 4 rings (SSSR count). The van der Waals surface area contributed by atoms with Crippen molar-refractivity contribution in [2.75, 3.05) is 0 Å². The molecule has 2 saturated carbocycles. The first-order chi connectivity index (χ1) is 10.9. The molecule has 2 nitrogen and oxygen atoms in total. The van der Waals surface area contributed by atoms with E-state index in [1.807, 2.05) is 6.92 Å². The highest BCUT2D eigenvalue weighted by Gasteiger charge is 2.56. The van der Waals surface area contributed by atoms with Crippen LogP contribution in [0.15, 0.2) is 23.3 Å². The number of hydrogen-bond acceptors (Lipinski definition) is 2. The van der Waals surface area contributed by atoms with Gasteiger partial charge in [-0.05, 0) is 80.5 Å². The second-order valence-corrected chi connectivity index (χ2v) is 9.19. The van der Waals surface area contributed by atoms with Gasteiger partial charge in [-0.15, -0.1) is 0 Å².